The van der Waals surface area contributed by atoms with Gasteiger partial charge in [-0.2, -0.15) is 5.26 Å². The summed E-state index contributed by atoms with van der Waals surface area (Å²) in [7, 11) is 0. The predicted octanol–water partition coefficient (Wildman–Crippen LogP) is 2.42. The van der Waals surface area contributed by atoms with Gasteiger partial charge in [0, 0.05) is 17.4 Å². The molecule has 1 heterocycles. The molecule has 1 aromatic carbocycles. The molecule has 2 aromatic rings. The molecule has 0 bridgehead atoms. The maximum atomic E-state index is 8.91. The second kappa shape index (κ2) is 5.19. The van der Waals surface area contributed by atoms with Crippen molar-refractivity contribution in [2.45, 2.75) is 13.5 Å². The highest BCUT2D eigenvalue weighted by molar-refractivity contribution is 5.49. The fourth-order valence-corrected chi connectivity index (χ4v) is 1.55. The standard InChI is InChI=1S/C14H13N3O/c1-10-7-12(4-5-13(10)16)18-9-11-3-2-6-17-14(11)8-15/h2-7H,9,16H2,1H3. The van der Waals surface area contributed by atoms with E-state index in [0.717, 1.165) is 22.6 Å². The largest absolute Gasteiger partial charge is 0.489 e. The van der Waals surface area contributed by atoms with Gasteiger partial charge in [0.2, 0.25) is 0 Å². The number of benzene rings is 1. The van der Waals surface area contributed by atoms with E-state index >= 15 is 0 Å². The minimum Gasteiger partial charge on any atom is -0.489 e. The summed E-state index contributed by atoms with van der Waals surface area (Å²) in [5.74, 6) is 0.731. The summed E-state index contributed by atoms with van der Waals surface area (Å²) >= 11 is 0. The Labute approximate surface area is 106 Å². The molecule has 90 valence electrons. The molecule has 0 fully saturated rings. The van der Waals surface area contributed by atoms with E-state index in [9.17, 15) is 0 Å². The van der Waals surface area contributed by atoms with Crippen LogP contribution in [0, 0.1) is 18.3 Å². The lowest BCUT2D eigenvalue weighted by atomic mass is 10.2. The first-order valence-electron chi connectivity index (χ1n) is 5.53. The molecule has 4 nitrogen and oxygen atoms in total. The summed E-state index contributed by atoms with van der Waals surface area (Å²) in [6.45, 7) is 2.24. The molecule has 0 spiro atoms. The van der Waals surface area contributed by atoms with E-state index in [-0.39, 0.29) is 0 Å². The lowest BCUT2D eigenvalue weighted by Crippen LogP contribution is -2.00. The molecule has 0 atom stereocenters. The third-order valence-corrected chi connectivity index (χ3v) is 2.63. The quantitative estimate of drug-likeness (QED) is 0.835. The summed E-state index contributed by atoms with van der Waals surface area (Å²) in [5.41, 5.74) is 8.61. The van der Waals surface area contributed by atoms with Gasteiger partial charge in [-0.3, -0.25) is 0 Å². The van der Waals surface area contributed by atoms with Crippen molar-refractivity contribution in [2.24, 2.45) is 0 Å². The Hall–Kier alpha value is -2.54. The minimum absolute atomic E-state index is 0.320. The lowest BCUT2D eigenvalue weighted by Gasteiger charge is -2.08. The summed E-state index contributed by atoms with van der Waals surface area (Å²) < 4.78 is 5.62. The zero-order chi connectivity index (χ0) is 13.0. The third-order valence-electron chi connectivity index (χ3n) is 2.63. The molecular weight excluding hydrogens is 226 g/mol. The maximum Gasteiger partial charge on any atom is 0.147 e. The van der Waals surface area contributed by atoms with E-state index in [1.54, 1.807) is 18.3 Å². The number of aromatic nitrogens is 1. The second-order valence-electron chi connectivity index (χ2n) is 3.93. The molecule has 0 radical (unpaired) electrons. The first-order chi connectivity index (χ1) is 8.70. The van der Waals surface area contributed by atoms with Gasteiger partial charge >= 0.3 is 0 Å². The van der Waals surface area contributed by atoms with Gasteiger partial charge in [0.05, 0.1) is 0 Å². The van der Waals surface area contributed by atoms with Crippen molar-refractivity contribution in [1.29, 1.82) is 5.26 Å². The van der Waals surface area contributed by atoms with Crippen LogP contribution in [-0.4, -0.2) is 4.98 Å². The Balaban J connectivity index is 2.12. The summed E-state index contributed by atoms with van der Waals surface area (Å²) in [6, 6.07) is 11.1. The van der Waals surface area contributed by atoms with Gasteiger partial charge in [0.25, 0.3) is 0 Å². The van der Waals surface area contributed by atoms with E-state index in [1.165, 1.54) is 0 Å². The van der Waals surface area contributed by atoms with Crippen LogP contribution in [0.2, 0.25) is 0 Å². The number of anilines is 1. The smallest absolute Gasteiger partial charge is 0.147 e. The van der Waals surface area contributed by atoms with Gasteiger partial charge < -0.3 is 10.5 Å². The van der Waals surface area contributed by atoms with Gasteiger partial charge in [-0.05, 0) is 36.8 Å². The summed E-state index contributed by atoms with van der Waals surface area (Å²) in [5, 5.41) is 8.91. The van der Waals surface area contributed by atoms with Crippen molar-refractivity contribution in [1.82, 2.24) is 4.98 Å². The van der Waals surface area contributed by atoms with Gasteiger partial charge in [0.1, 0.15) is 24.1 Å². The van der Waals surface area contributed by atoms with E-state index in [4.69, 9.17) is 15.7 Å². The van der Waals surface area contributed by atoms with Crippen LogP contribution in [0.3, 0.4) is 0 Å². The Bertz CT molecular complexity index is 602. The fourth-order valence-electron chi connectivity index (χ4n) is 1.55. The van der Waals surface area contributed by atoms with Crippen molar-refractivity contribution in [2.75, 3.05) is 5.73 Å². The van der Waals surface area contributed by atoms with Crippen LogP contribution in [0.15, 0.2) is 36.5 Å². The normalized spacial score (nSPS) is 9.78. The molecule has 18 heavy (non-hydrogen) atoms. The van der Waals surface area contributed by atoms with Crippen molar-refractivity contribution in [3.05, 3.63) is 53.3 Å². The van der Waals surface area contributed by atoms with Crippen LogP contribution in [0.1, 0.15) is 16.8 Å². The average Bonchev–Trinajstić information content (AvgIpc) is 2.40. The van der Waals surface area contributed by atoms with Gasteiger partial charge in [-0.1, -0.05) is 6.07 Å². The first-order valence-corrected chi connectivity index (χ1v) is 5.53. The molecule has 4 heteroatoms. The van der Waals surface area contributed by atoms with Crippen LogP contribution >= 0.6 is 0 Å². The van der Waals surface area contributed by atoms with Crippen molar-refractivity contribution in [3.63, 3.8) is 0 Å². The lowest BCUT2D eigenvalue weighted by molar-refractivity contribution is 0.305. The molecule has 0 amide bonds. The molecular formula is C14H13N3O. The van der Waals surface area contributed by atoms with Gasteiger partial charge in [-0.15, -0.1) is 0 Å². The van der Waals surface area contributed by atoms with Crippen LogP contribution in [0.4, 0.5) is 5.69 Å². The topological polar surface area (TPSA) is 71.9 Å². The van der Waals surface area contributed by atoms with E-state index < -0.39 is 0 Å². The van der Waals surface area contributed by atoms with Crippen LogP contribution in [0.5, 0.6) is 5.75 Å². The zero-order valence-corrected chi connectivity index (χ0v) is 10.1. The Morgan fingerprint density at radius 3 is 2.94 bits per heavy atom. The Kier molecular flexibility index (Phi) is 3.44. The number of nitrogen functional groups attached to an aromatic ring is 1. The van der Waals surface area contributed by atoms with E-state index in [1.807, 2.05) is 31.2 Å². The number of nitriles is 1. The number of nitrogens with two attached hydrogens (primary N) is 1. The molecule has 0 aliphatic rings. The monoisotopic (exact) mass is 239 g/mol. The average molecular weight is 239 g/mol. The van der Waals surface area contributed by atoms with Crippen molar-refractivity contribution >= 4 is 5.69 Å². The second-order valence-corrected chi connectivity index (χ2v) is 3.93. The number of hydrogen-bond acceptors (Lipinski definition) is 4. The van der Waals surface area contributed by atoms with Crippen LogP contribution in [-0.2, 0) is 6.61 Å². The Morgan fingerprint density at radius 2 is 2.22 bits per heavy atom. The number of aryl methyl sites for hydroxylation is 1. The van der Waals surface area contributed by atoms with E-state index in [0.29, 0.717) is 12.3 Å². The number of hydrogen-bond donors (Lipinski definition) is 1. The maximum absolute atomic E-state index is 8.91. The van der Waals surface area contributed by atoms with Gasteiger partial charge in [0.15, 0.2) is 0 Å². The van der Waals surface area contributed by atoms with Crippen molar-refractivity contribution < 1.29 is 4.74 Å². The number of nitrogens with zero attached hydrogens (tertiary/aromatic N) is 2. The molecule has 2 N–H and O–H groups in total. The number of ether oxygens (including phenoxy) is 1. The van der Waals surface area contributed by atoms with E-state index in [2.05, 4.69) is 4.98 Å². The molecule has 0 saturated heterocycles. The van der Waals surface area contributed by atoms with Crippen LogP contribution < -0.4 is 10.5 Å². The fraction of sp³-hybridized carbons (Fsp3) is 0.143. The number of rotatable bonds is 3. The SMILES string of the molecule is Cc1cc(OCc2cccnc2C#N)ccc1N. The third kappa shape index (κ3) is 2.58. The van der Waals surface area contributed by atoms with Crippen LogP contribution in [0.25, 0.3) is 0 Å². The number of pyridine rings is 1. The molecule has 0 unspecified atom stereocenters. The predicted molar refractivity (Wildman–Crippen MR) is 68.9 cm³/mol. The highest BCUT2D eigenvalue weighted by Gasteiger charge is 2.04. The molecule has 0 aliphatic heterocycles. The molecule has 0 aliphatic carbocycles. The molecule has 2 rings (SSSR count). The molecule has 1 aromatic heterocycles. The van der Waals surface area contributed by atoms with Gasteiger partial charge in [-0.25, -0.2) is 4.98 Å². The first kappa shape index (κ1) is 11.9. The highest BCUT2D eigenvalue weighted by atomic mass is 16.5. The Morgan fingerprint density at radius 1 is 1.39 bits per heavy atom. The van der Waals surface area contributed by atoms with Crippen molar-refractivity contribution in [3.8, 4) is 11.8 Å². The summed E-state index contributed by atoms with van der Waals surface area (Å²) in [4.78, 5) is 3.98. The zero-order valence-electron chi connectivity index (χ0n) is 10.1. The minimum atomic E-state index is 0.320. The highest BCUT2D eigenvalue weighted by Crippen LogP contribution is 2.20. The summed E-state index contributed by atoms with van der Waals surface area (Å²) in [6.07, 6.45) is 1.59. The molecule has 0 saturated carbocycles.